The van der Waals surface area contributed by atoms with Gasteiger partial charge in [-0.1, -0.05) is 27.4 Å². The lowest BCUT2D eigenvalue weighted by Crippen LogP contribution is -2.95. The van der Waals surface area contributed by atoms with Crippen molar-refractivity contribution in [1.82, 2.24) is 4.90 Å². The summed E-state index contributed by atoms with van der Waals surface area (Å²) < 4.78 is 12.7. The Kier molecular flexibility index (Phi) is 3.19. The largest absolute Gasteiger partial charge is 0.316 e. The lowest BCUT2D eigenvalue weighted by Gasteiger charge is -2.28. The molecule has 1 aliphatic heterocycles. The summed E-state index contributed by atoms with van der Waals surface area (Å²) in [6, 6.07) is -0.336. The van der Waals surface area contributed by atoms with Gasteiger partial charge in [0, 0.05) is 12.5 Å². The molecule has 1 rings (SSSR count). The van der Waals surface area contributed by atoms with E-state index in [0.717, 1.165) is 0 Å². The minimum Gasteiger partial charge on any atom is -0.316 e. The van der Waals surface area contributed by atoms with Gasteiger partial charge in [-0.25, -0.2) is 4.39 Å². The Morgan fingerprint density at radius 2 is 2.13 bits per heavy atom. The molecule has 1 fully saturated rings. The maximum atomic E-state index is 12.7. The molecular formula is C11H20FN2O+. The Hall–Kier alpha value is -0.900. The average molecular weight is 215 g/mol. The second-order valence-corrected chi connectivity index (χ2v) is 5.28. The average Bonchev–Trinajstić information content (AvgIpc) is 2.30. The molecule has 4 heteroatoms. The molecule has 2 N–H and O–H groups in total. The first-order valence-corrected chi connectivity index (χ1v) is 5.18. The first-order chi connectivity index (χ1) is 6.73. The summed E-state index contributed by atoms with van der Waals surface area (Å²) in [5.41, 5.74) is -0.00317. The van der Waals surface area contributed by atoms with Crippen molar-refractivity contribution >= 4 is 5.91 Å². The summed E-state index contributed by atoms with van der Waals surface area (Å²) in [6.07, 6.45) is 0.199. The summed E-state index contributed by atoms with van der Waals surface area (Å²) in [4.78, 5) is 13.5. The first kappa shape index (κ1) is 12.2. The van der Waals surface area contributed by atoms with Gasteiger partial charge < -0.3 is 5.32 Å². The highest BCUT2D eigenvalue weighted by Crippen LogP contribution is 2.23. The van der Waals surface area contributed by atoms with Crippen LogP contribution in [0.1, 0.15) is 27.2 Å². The molecule has 1 amide bonds. The maximum Gasteiger partial charge on any atom is 0.285 e. The van der Waals surface area contributed by atoms with Gasteiger partial charge in [0.25, 0.3) is 5.91 Å². The predicted molar refractivity (Wildman–Crippen MR) is 56.6 cm³/mol. The van der Waals surface area contributed by atoms with Crippen LogP contribution in [0.4, 0.5) is 4.39 Å². The Labute approximate surface area is 90.3 Å². The molecule has 15 heavy (non-hydrogen) atoms. The van der Waals surface area contributed by atoms with Crippen LogP contribution in [0.25, 0.3) is 0 Å². The van der Waals surface area contributed by atoms with Gasteiger partial charge in [-0.2, -0.15) is 0 Å². The summed E-state index contributed by atoms with van der Waals surface area (Å²) in [6.45, 7) is 9.43. The molecule has 0 spiro atoms. The topological polar surface area (TPSA) is 36.9 Å². The van der Waals surface area contributed by atoms with E-state index < -0.39 is 5.83 Å². The van der Waals surface area contributed by atoms with E-state index in [2.05, 4.69) is 27.4 Å². The van der Waals surface area contributed by atoms with Crippen molar-refractivity contribution in [3.8, 4) is 0 Å². The number of likely N-dealkylation sites (N-methyl/N-ethyl adjacent to an activating group) is 1. The van der Waals surface area contributed by atoms with Crippen molar-refractivity contribution in [2.45, 2.75) is 39.4 Å². The lowest BCUT2D eigenvalue weighted by atomic mass is 9.92. The number of amides is 1. The van der Waals surface area contributed by atoms with E-state index in [1.807, 2.05) is 5.32 Å². The van der Waals surface area contributed by atoms with Crippen LogP contribution in [0, 0.1) is 5.41 Å². The van der Waals surface area contributed by atoms with Crippen LogP contribution in [0.3, 0.4) is 0 Å². The van der Waals surface area contributed by atoms with Crippen LogP contribution < -0.4 is 5.32 Å². The van der Waals surface area contributed by atoms with E-state index in [4.69, 9.17) is 0 Å². The van der Waals surface area contributed by atoms with E-state index in [1.54, 1.807) is 11.9 Å². The number of quaternary nitrogens is 1. The summed E-state index contributed by atoms with van der Waals surface area (Å²) in [5, 5.41) is 1.94. The van der Waals surface area contributed by atoms with Gasteiger partial charge in [0.2, 0.25) is 0 Å². The molecule has 0 radical (unpaired) electrons. The highest BCUT2D eigenvalue weighted by molar-refractivity contribution is 5.81. The molecule has 0 aromatic rings. The third kappa shape index (κ3) is 2.56. The molecule has 1 aliphatic rings. The molecule has 0 saturated carbocycles. The third-order valence-electron chi connectivity index (χ3n) is 2.83. The second-order valence-electron chi connectivity index (χ2n) is 5.28. The smallest absolute Gasteiger partial charge is 0.285 e. The number of halogens is 1. The van der Waals surface area contributed by atoms with Crippen LogP contribution >= 0.6 is 0 Å². The van der Waals surface area contributed by atoms with E-state index in [1.165, 1.54) is 0 Å². The van der Waals surface area contributed by atoms with Gasteiger partial charge >= 0.3 is 0 Å². The number of hydrogen-bond donors (Lipinski definition) is 1. The van der Waals surface area contributed by atoms with Crippen LogP contribution in [0.5, 0.6) is 0 Å². The Balaban J connectivity index is 2.76. The molecule has 0 aromatic carbocycles. The van der Waals surface area contributed by atoms with Crippen LogP contribution in [-0.2, 0) is 4.79 Å². The maximum absolute atomic E-state index is 12.7. The van der Waals surface area contributed by atoms with Gasteiger partial charge in [-0.05, 0) is 0 Å². The van der Waals surface area contributed by atoms with E-state index in [-0.39, 0.29) is 30.0 Å². The molecular weight excluding hydrogens is 195 g/mol. The quantitative estimate of drug-likeness (QED) is 0.721. The van der Waals surface area contributed by atoms with Crippen molar-refractivity contribution in [1.29, 1.82) is 0 Å². The van der Waals surface area contributed by atoms with Gasteiger partial charge in [-0.15, -0.1) is 0 Å². The van der Waals surface area contributed by atoms with E-state index in [0.29, 0.717) is 0 Å². The van der Waals surface area contributed by atoms with Crippen molar-refractivity contribution in [2.24, 2.45) is 5.41 Å². The van der Waals surface area contributed by atoms with Crippen LogP contribution in [0.2, 0.25) is 0 Å². The molecule has 86 valence electrons. The molecule has 0 unspecified atom stereocenters. The number of hydrogen-bond acceptors (Lipinski definition) is 1. The van der Waals surface area contributed by atoms with Gasteiger partial charge in [-0.3, -0.25) is 9.69 Å². The number of carbonyl (C=O) groups is 1. The zero-order valence-corrected chi connectivity index (χ0v) is 9.88. The fraction of sp³-hybridized carbons (Fsp3) is 0.727. The molecule has 0 aromatic heterocycles. The Morgan fingerprint density at radius 3 is 2.47 bits per heavy atom. The van der Waals surface area contributed by atoms with Crippen molar-refractivity contribution in [3.05, 3.63) is 12.4 Å². The highest BCUT2D eigenvalue weighted by atomic mass is 19.1. The summed E-state index contributed by atoms with van der Waals surface area (Å²) in [5.74, 6) is -0.429. The first-order valence-electron chi connectivity index (χ1n) is 5.18. The SMILES string of the molecule is C=C(F)C[C@@H]1[NH2+][C@@H](C(C)(C)C)N(C)C1=O. The number of nitrogens with zero attached hydrogens (tertiary/aromatic N) is 1. The Morgan fingerprint density at radius 1 is 1.60 bits per heavy atom. The van der Waals surface area contributed by atoms with E-state index in [9.17, 15) is 9.18 Å². The second kappa shape index (κ2) is 3.93. The van der Waals surface area contributed by atoms with Crippen molar-refractivity contribution in [3.63, 3.8) is 0 Å². The van der Waals surface area contributed by atoms with Crippen LogP contribution in [-0.4, -0.2) is 30.1 Å². The molecule has 2 atom stereocenters. The number of rotatable bonds is 2. The van der Waals surface area contributed by atoms with Crippen molar-refractivity contribution in [2.75, 3.05) is 7.05 Å². The molecule has 0 aliphatic carbocycles. The van der Waals surface area contributed by atoms with Crippen molar-refractivity contribution < 1.29 is 14.5 Å². The zero-order chi connectivity index (χ0) is 11.8. The minimum atomic E-state index is -0.424. The summed E-state index contributed by atoms with van der Waals surface area (Å²) >= 11 is 0. The van der Waals surface area contributed by atoms with E-state index >= 15 is 0 Å². The standard InChI is InChI=1S/C11H19FN2O/c1-7(12)6-8-9(15)14(5)10(13-8)11(2,3)4/h8,10,13H,1,6H2,2-5H3/p+1/t8-,10+/m0/s1. The summed E-state index contributed by atoms with van der Waals surface area (Å²) in [7, 11) is 1.77. The fourth-order valence-corrected chi connectivity index (χ4v) is 2.09. The number of nitrogens with two attached hydrogens (primary N) is 1. The number of carbonyl (C=O) groups excluding carboxylic acids is 1. The zero-order valence-electron chi connectivity index (χ0n) is 9.88. The monoisotopic (exact) mass is 215 g/mol. The lowest BCUT2D eigenvalue weighted by molar-refractivity contribution is -0.717. The highest BCUT2D eigenvalue weighted by Gasteiger charge is 2.46. The fourth-order valence-electron chi connectivity index (χ4n) is 2.09. The van der Waals surface area contributed by atoms with Gasteiger partial charge in [0.05, 0.1) is 12.2 Å². The van der Waals surface area contributed by atoms with Gasteiger partial charge in [0.1, 0.15) is 0 Å². The predicted octanol–water partition coefficient (Wildman–Crippen LogP) is 0.636. The molecule has 1 heterocycles. The van der Waals surface area contributed by atoms with Gasteiger partial charge in [0.15, 0.2) is 12.2 Å². The molecule has 1 saturated heterocycles. The van der Waals surface area contributed by atoms with Crippen LogP contribution in [0.15, 0.2) is 12.4 Å². The third-order valence-corrected chi connectivity index (χ3v) is 2.83. The minimum absolute atomic E-state index is 0.00317. The Bertz CT molecular complexity index is 283. The normalized spacial score (nSPS) is 27.3. The molecule has 3 nitrogen and oxygen atoms in total. The molecule has 0 bridgehead atoms.